The highest BCUT2D eigenvalue weighted by Gasteiger charge is 2.15. The summed E-state index contributed by atoms with van der Waals surface area (Å²) in [6, 6.07) is 0. The van der Waals surface area contributed by atoms with Crippen molar-refractivity contribution in [3.05, 3.63) is 22.0 Å². The Labute approximate surface area is 65.6 Å². The van der Waals surface area contributed by atoms with Gasteiger partial charge in [-0.2, -0.15) is 0 Å². The van der Waals surface area contributed by atoms with E-state index in [1.165, 1.54) is 0 Å². The first kappa shape index (κ1) is 8.51. The number of alkyl halides is 2. The molecule has 4 N–H and O–H groups in total. The minimum Gasteiger partial charge on any atom is -0.502 e. The standard InChI is InChI=1S/C6H6F2N2O2/c7-5(8)2-1-10-6(9)4(12)3(2)11/h1,5,12H,(H3,9,10,11). The number of H-pyrrole nitrogens is 1. The molecule has 0 atom stereocenters. The van der Waals surface area contributed by atoms with Crippen LogP contribution in [0.1, 0.15) is 12.0 Å². The van der Waals surface area contributed by atoms with E-state index in [4.69, 9.17) is 10.8 Å². The molecule has 66 valence electrons. The fourth-order valence-corrected chi connectivity index (χ4v) is 0.711. The van der Waals surface area contributed by atoms with E-state index in [0.29, 0.717) is 0 Å². The molecule has 0 radical (unpaired) electrons. The van der Waals surface area contributed by atoms with Crippen molar-refractivity contribution in [1.29, 1.82) is 0 Å². The van der Waals surface area contributed by atoms with Crippen LogP contribution in [0.3, 0.4) is 0 Å². The van der Waals surface area contributed by atoms with E-state index in [-0.39, 0.29) is 5.82 Å². The Morgan fingerprint density at radius 1 is 1.58 bits per heavy atom. The Morgan fingerprint density at radius 2 is 2.17 bits per heavy atom. The summed E-state index contributed by atoms with van der Waals surface area (Å²) in [6.45, 7) is 0. The van der Waals surface area contributed by atoms with Crippen molar-refractivity contribution in [2.75, 3.05) is 5.73 Å². The maximum Gasteiger partial charge on any atom is 0.269 e. The van der Waals surface area contributed by atoms with Gasteiger partial charge in [0.25, 0.3) is 6.43 Å². The summed E-state index contributed by atoms with van der Waals surface area (Å²) in [6.07, 6.45) is -2.14. The fourth-order valence-electron chi connectivity index (χ4n) is 0.711. The van der Waals surface area contributed by atoms with E-state index in [9.17, 15) is 13.6 Å². The zero-order valence-electron chi connectivity index (χ0n) is 5.84. The lowest BCUT2D eigenvalue weighted by Gasteiger charge is -2.01. The molecule has 0 saturated carbocycles. The second kappa shape index (κ2) is 2.80. The maximum absolute atomic E-state index is 12.0. The van der Waals surface area contributed by atoms with Crippen molar-refractivity contribution >= 4 is 5.82 Å². The van der Waals surface area contributed by atoms with E-state index >= 15 is 0 Å². The first-order valence-corrected chi connectivity index (χ1v) is 3.02. The Balaban J connectivity index is 3.37. The summed E-state index contributed by atoms with van der Waals surface area (Å²) in [7, 11) is 0. The van der Waals surface area contributed by atoms with Gasteiger partial charge in [0.05, 0.1) is 5.56 Å². The minimum absolute atomic E-state index is 0.315. The molecule has 1 aromatic heterocycles. The molecule has 1 rings (SSSR count). The Kier molecular flexibility index (Phi) is 1.99. The van der Waals surface area contributed by atoms with Crippen LogP contribution in [0.25, 0.3) is 0 Å². The maximum atomic E-state index is 12.0. The van der Waals surface area contributed by atoms with Gasteiger partial charge in [-0.3, -0.25) is 4.79 Å². The second-order valence-corrected chi connectivity index (χ2v) is 2.14. The molecule has 4 nitrogen and oxygen atoms in total. The third kappa shape index (κ3) is 1.23. The normalized spacial score (nSPS) is 10.6. The average Bonchev–Trinajstić information content (AvgIpc) is 2.00. The lowest BCUT2D eigenvalue weighted by atomic mass is 10.2. The molecule has 0 amide bonds. The number of nitrogens with one attached hydrogen (secondary N) is 1. The van der Waals surface area contributed by atoms with Crippen molar-refractivity contribution in [2.45, 2.75) is 6.43 Å². The van der Waals surface area contributed by atoms with E-state index in [1.54, 1.807) is 0 Å². The van der Waals surface area contributed by atoms with Crippen LogP contribution >= 0.6 is 0 Å². The number of nitrogens with two attached hydrogens (primary N) is 1. The Morgan fingerprint density at radius 3 is 2.67 bits per heavy atom. The monoisotopic (exact) mass is 176 g/mol. The van der Waals surface area contributed by atoms with Gasteiger partial charge in [0.15, 0.2) is 0 Å². The molecular formula is C6H6F2N2O2. The minimum atomic E-state index is -2.92. The molecule has 12 heavy (non-hydrogen) atoms. The van der Waals surface area contributed by atoms with Gasteiger partial charge >= 0.3 is 0 Å². The Hall–Kier alpha value is -1.59. The molecule has 0 fully saturated rings. The van der Waals surface area contributed by atoms with Crippen LogP contribution in [0.2, 0.25) is 0 Å². The smallest absolute Gasteiger partial charge is 0.269 e. The number of pyridine rings is 1. The lowest BCUT2D eigenvalue weighted by molar-refractivity contribution is 0.149. The SMILES string of the molecule is Nc1[nH]cc(C(F)F)c(=O)c1O. The number of aromatic nitrogens is 1. The molecule has 0 aliphatic carbocycles. The van der Waals surface area contributed by atoms with Crippen LogP contribution in [0.15, 0.2) is 11.0 Å². The molecule has 0 saturated heterocycles. The zero-order valence-corrected chi connectivity index (χ0v) is 5.84. The van der Waals surface area contributed by atoms with Gasteiger partial charge in [0.2, 0.25) is 11.2 Å². The van der Waals surface area contributed by atoms with Gasteiger partial charge in [0.1, 0.15) is 5.82 Å². The van der Waals surface area contributed by atoms with E-state index in [2.05, 4.69) is 4.98 Å². The van der Waals surface area contributed by atoms with Gasteiger partial charge in [-0.05, 0) is 0 Å². The van der Waals surface area contributed by atoms with E-state index in [1.807, 2.05) is 0 Å². The van der Waals surface area contributed by atoms with Gasteiger partial charge in [-0.15, -0.1) is 0 Å². The van der Waals surface area contributed by atoms with Gasteiger partial charge in [-0.1, -0.05) is 0 Å². The molecule has 0 bridgehead atoms. The number of aromatic amines is 1. The highest BCUT2D eigenvalue weighted by molar-refractivity contribution is 5.45. The van der Waals surface area contributed by atoms with Crippen LogP contribution in [0, 0.1) is 0 Å². The predicted molar refractivity (Wildman–Crippen MR) is 38.1 cm³/mol. The fraction of sp³-hybridized carbons (Fsp3) is 0.167. The molecule has 6 heteroatoms. The largest absolute Gasteiger partial charge is 0.502 e. The zero-order chi connectivity index (χ0) is 9.30. The summed E-state index contributed by atoms with van der Waals surface area (Å²) in [5, 5.41) is 8.83. The first-order chi connectivity index (χ1) is 5.54. The highest BCUT2D eigenvalue weighted by Crippen LogP contribution is 2.18. The van der Waals surface area contributed by atoms with Gasteiger partial charge in [0, 0.05) is 6.20 Å². The molecule has 0 unspecified atom stereocenters. The summed E-state index contributed by atoms with van der Waals surface area (Å²) < 4.78 is 23.9. The number of halogens is 2. The summed E-state index contributed by atoms with van der Waals surface area (Å²) >= 11 is 0. The third-order valence-corrected chi connectivity index (χ3v) is 1.35. The first-order valence-electron chi connectivity index (χ1n) is 3.02. The predicted octanol–water partition coefficient (Wildman–Crippen LogP) is 0.600. The number of hydrogen-bond donors (Lipinski definition) is 3. The second-order valence-electron chi connectivity index (χ2n) is 2.14. The summed E-state index contributed by atoms with van der Waals surface area (Å²) in [4.78, 5) is 12.9. The third-order valence-electron chi connectivity index (χ3n) is 1.35. The van der Waals surface area contributed by atoms with Gasteiger partial charge < -0.3 is 15.8 Å². The van der Waals surface area contributed by atoms with Crippen LogP contribution < -0.4 is 11.2 Å². The quantitative estimate of drug-likeness (QED) is 0.586. The van der Waals surface area contributed by atoms with Crippen molar-refractivity contribution < 1.29 is 13.9 Å². The lowest BCUT2D eigenvalue weighted by Crippen LogP contribution is -2.11. The van der Waals surface area contributed by atoms with Crippen LogP contribution in [-0.4, -0.2) is 10.1 Å². The number of rotatable bonds is 1. The summed E-state index contributed by atoms with van der Waals surface area (Å²) in [5.74, 6) is -1.18. The van der Waals surface area contributed by atoms with Crippen LogP contribution in [-0.2, 0) is 0 Å². The van der Waals surface area contributed by atoms with E-state index in [0.717, 1.165) is 6.20 Å². The van der Waals surface area contributed by atoms with Crippen molar-refractivity contribution in [1.82, 2.24) is 4.98 Å². The van der Waals surface area contributed by atoms with Crippen molar-refractivity contribution in [3.8, 4) is 5.75 Å². The number of aromatic hydroxyl groups is 1. The topological polar surface area (TPSA) is 79.1 Å². The number of anilines is 1. The molecule has 0 aliphatic heterocycles. The van der Waals surface area contributed by atoms with Gasteiger partial charge in [-0.25, -0.2) is 8.78 Å². The Bertz CT molecular complexity index is 348. The van der Waals surface area contributed by atoms with Crippen molar-refractivity contribution in [2.24, 2.45) is 0 Å². The molecule has 0 aromatic carbocycles. The average molecular weight is 176 g/mol. The van der Waals surface area contributed by atoms with Crippen LogP contribution in [0.5, 0.6) is 5.75 Å². The number of nitrogen functional groups attached to an aromatic ring is 1. The van der Waals surface area contributed by atoms with Crippen LogP contribution in [0.4, 0.5) is 14.6 Å². The number of hydrogen-bond acceptors (Lipinski definition) is 3. The van der Waals surface area contributed by atoms with Crippen molar-refractivity contribution in [3.63, 3.8) is 0 Å². The van der Waals surface area contributed by atoms with E-state index < -0.39 is 23.2 Å². The highest BCUT2D eigenvalue weighted by atomic mass is 19.3. The molecule has 1 aromatic rings. The molecule has 0 aliphatic rings. The summed E-state index contributed by atoms with van der Waals surface area (Å²) in [5.41, 5.74) is 3.11. The molecule has 1 heterocycles. The molecular weight excluding hydrogens is 170 g/mol. The molecule has 0 spiro atoms.